The summed E-state index contributed by atoms with van der Waals surface area (Å²) in [6.07, 6.45) is 0.720. The summed E-state index contributed by atoms with van der Waals surface area (Å²) >= 11 is 0. The highest BCUT2D eigenvalue weighted by molar-refractivity contribution is 6.23. The van der Waals surface area contributed by atoms with Gasteiger partial charge in [-0.1, -0.05) is 43.3 Å². The third-order valence-corrected chi connectivity index (χ3v) is 5.74. The number of nitrogens with zero attached hydrogens (tertiary/aromatic N) is 3. The molecule has 3 aromatic rings. The number of para-hydroxylation sites is 1. The molecule has 6 nitrogen and oxygen atoms in total. The maximum Gasteiger partial charge on any atom is 0.265 e. The van der Waals surface area contributed by atoms with Crippen molar-refractivity contribution in [3.05, 3.63) is 95.8 Å². The molecule has 0 saturated carbocycles. The second-order valence-corrected chi connectivity index (χ2v) is 9.79. The highest BCUT2D eigenvalue weighted by atomic mass is 19.1. The molecule has 0 aromatic heterocycles. The summed E-state index contributed by atoms with van der Waals surface area (Å²) in [4.78, 5) is 35.8. The first-order valence-corrected chi connectivity index (χ1v) is 12.1. The van der Waals surface area contributed by atoms with Crippen LogP contribution in [0.5, 0.6) is 0 Å². The summed E-state index contributed by atoms with van der Waals surface area (Å²) in [5.74, 6) is -0.585. The lowest BCUT2D eigenvalue weighted by Gasteiger charge is -2.41. The van der Waals surface area contributed by atoms with E-state index in [4.69, 9.17) is 4.99 Å². The van der Waals surface area contributed by atoms with Crippen molar-refractivity contribution < 1.29 is 14.0 Å². The first-order chi connectivity index (χ1) is 17.2. The summed E-state index contributed by atoms with van der Waals surface area (Å²) in [7, 11) is 0. The molecular formula is C29H31FN4O2. The molecule has 3 aromatic carbocycles. The molecule has 7 heteroatoms. The lowest BCUT2D eigenvalue weighted by Crippen LogP contribution is -2.55. The number of hydrogen-bond donors (Lipinski definition) is 1. The lowest BCUT2D eigenvalue weighted by molar-refractivity contribution is -0.126. The van der Waals surface area contributed by atoms with Crippen LogP contribution in [0.4, 0.5) is 15.8 Å². The van der Waals surface area contributed by atoms with Crippen molar-refractivity contribution in [2.45, 2.75) is 45.7 Å². The summed E-state index contributed by atoms with van der Waals surface area (Å²) < 4.78 is 13.8. The number of carbonyl (C=O) groups is 2. The maximum absolute atomic E-state index is 13.9. The molecule has 0 spiro atoms. The number of hydrogen-bond acceptors (Lipinski definition) is 4. The Kier molecular flexibility index (Phi) is 7.20. The van der Waals surface area contributed by atoms with Crippen molar-refractivity contribution >= 4 is 29.1 Å². The molecule has 1 unspecified atom stereocenters. The second-order valence-electron chi connectivity index (χ2n) is 9.79. The molecule has 0 radical (unpaired) electrons. The first-order valence-electron chi connectivity index (χ1n) is 12.1. The Hall–Kier alpha value is -4.00. The average molecular weight is 487 g/mol. The van der Waals surface area contributed by atoms with E-state index in [9.17, 15) is 14.0 Å². The van der Waals surface area contributed by atoms with E-state index in [2.05, 4.69) is 5.32 Å². The van der Waals surface area contributed by atoms with Gasteiger partial charge in [-0.2, -0.15) is 0 Å². The predicted molar refractivity (Wildman–Crippen MR) is 141 cm³/mol. The molecule has 0 saturated heterocycles. The van der Waals surface area contributed by atoms with Gasteiger partial charge in [0.1, 0.15) is 11.9 Å². The summed E-state index contributed by atoms with van der Waals surface area (Å²) in [6.45, 7) is 8.29. The van der Waals surface area contributed by atoms with Gasteiger partial charge in [0.15, 0.2) is 0 Å². The van der Waals surface area contributed by atoms with Gasteiger partial charge in [0, 0.05) is 23.2 Å². The molecule has 0 fully saturated rings. The fraction of sp³-hybridized carbons (Fsp3) is 0.276. The Balaban J connectivity index is 1.92. The number of aliphatic imine (C=N–C) groups is 1. The van der Waals surface area contributed by atoms with Gasteiger partial charge in [0.25, 0.3) is 5.91 Å². The van der Waals surface area contributed by atoms with Gasteiger partial charge in [0.2, 0.25) is 11.9 Å². The Labute approximate surface area is 211 Å². The van der Waals surface area contributed by atoms with Crippen LogP contribution in [0.2, 0.25) is 0 Å². The number of nitrogens with one attached hydrogen (secondary N) is 1. The Morgan fingerprint density at radius 1 is 0.972 bits per heavy atom. The fourth-order valence-corrected chi connectivity index (χ4v) is 4.27. The van der Waals surface area contributed by atoms with Crippen molar-refractivity contribution in [2.75, 3.05) is 11.4 Å². The van der Waals surface area contributed by atoms with Gasteiger partial charge in [-0.15, -0.1) is 0 Å². The van der Waals surface area contributed by atoms with Crippen LogP contribution in [0.15, 0.2) is 83.9 Å². The quantitative estimate of drug-likeness (QED) is 0.493. The zero-order valence-electron chi connectivity index (χ0n) is 21.0. The lowest BCUT2D eigenvalue weighted by atomic mass is 9.98. The van der Waals surface area contributed by atoms with Crippen LogP contribution >= 0.6 is 0 Å². The maximum atomic E-state index is 13.9. The number of benzene rings is 3. The minimum Gasteiger partial charge on any atom is -0.349 e. The van der Waals surface area contributed by atoms with Gasteiger partial charge in [-0.05, 0) is 69.7 Å². The van der Waals surface area contributed by atoms with Crippen molar-refractivity contribution in [3.8, 4) is 0 Å². The summed E-state index contributed by atoms with van der Waals surface area (Å²) in [5.41, 5.74) is 1.84. The highest BCUT2D eigenvalue weighted by Crippen LogP contribution is 2.37. The molecular weight excluding hydrogens is 455 g/mol. The molecule has 1 heterocycles. The predicted octanol–water partition coefficient (Wildman–Crippen LogP) is 5.84. The zero-order chi connectivity index (χ0) is 25.9. The van der Waals surface area contributed by atoms with E-state index in [0.29, 0.717) is 29.4 Å². The minimum absolute atomic E-state index is 0.179. The van der Waals surface area contributed by atoms with Crippen LogP contribution in [-0.2, 0) is 4.79 Å². The van der Waals surface area contributed by atoms with Gasteiger partial charge >= 0.3 is 0 Å². The van der Waals surface area contributed by atoms with Gasteiger partial charge in [-0.3, -0.25) is 9.59 Å². The van der Waals surface area contributed by atoms with E-state index in [1.807, 2.05) is 62.9 Å². The van der Waals surface area contributed by atoms with Crippen molar-refractivity contribution in [3.63, 3.8) is 0 Å². The Morgan fingerprint density at radius 3 is 2.25 bits per heavy atom. The standard InChI is InChI=1S/C29H31FN4O2/c1-5-19-33-25(26(35)32-29(2,3)4)23-13-9-10-14-24(23)31-28(33)34(22-17-15-21(30)16-18-22)27(36)20-11-7-6-8-12-20/h6-18,25H,5,19H2,1-4H3,(H,32,35). The second kappa shape index (κ2) is 10.3. The van der Waals surface area contributed by atoms with Crippen molar-refractivity contribution in [2.24, 2.45) is 4.99 Å². The van der Waals surface area contributed by atoms with Crippen molar-refractivity contribution in [1.82, 2.24) is 10.2 Å². The number of halogens is 1. The Bertz CT molecular complexity index is 1270. The molecule has 0 aliphatic carbocycles. The molecule has 4 rings (SSSR count). The number of carbonyl (C=O) groups excluding carboxylic acids is 2. The highest BCUT2D eigenvalue weighted by Gasteiger charge is 2.40. The van der Waals surface area contributed by atoms with Crippen molar-refractivity contribution in [1.29, 1.82) is 0 Å². The number of guanidine groups is 1. The van der Waals surface area contributed by atoms with Crippen LogP contribution in [-0.4, -0.2) is 34.8 Å². The summed E-state index contributed by atoms with van der Waals surface area (Å²) in [6, 6.07) is 21.4. The zero-order valence-corrected chi connectivity index (χ0v) is 21.0. The van der Waals surface area contributed by atoms with E-state index in [0.717, 1.165) is 12.0 Å². The Morgan fingerprint density at radius 2 is 1.61 bits per heavy atom. The summed E-state index contributed by atoms with van der Waals surface area (Å²) in [5, 5.41) is 3.10. The number of rotatable bonds is 5. The van der Waals surface area contributed by atoms with Crippen LogP contribution in [0, 0.1) is 5.82 Å². The van der Waals surface area contributed by atoms with E-state index >= 15 is 0 Å². The average Bonchev–Trinajstić information content (AvgIpc) is 2.85. The van der Waals surface area contributed by atoms with Crippen LogP contribution in [0.25, 0.3) is 0 Å². The van der Waals surface area contributed by atoms with E-state index in [-0.39, 0.29) is 11.8 Å². The topological polar surface area (TPSA) is 65.0 Å². The first kappa shape index (κ1) is 25.1. The number of anilines is 1. The molecule has 1 aliphatic rings. The van der Waals surface area contributed by atoms with Gasteiger partial charge in [0.05, 0.1) is 11.4 Å². The number of fused-ring (bicyclic) bond motifs is 1. The molecule has 186 valence electrons. The number of amides is 2. The smallest absolute Gasteiger partial charge is 0.265 e. The monoisotopic (exact) mass is 486 g/mol. The molecule has 2 amide bonds. The van der Waals surface area contributed by atoms with Crippen LogP contribution in [0.1, 0.15) is 56.1 Å². The third-order valence-electron chi connectivity index (χ3n) is 5.74. The largest absolute Gasteiger partial charge is 0.349 e. The molecule has 36 heavy (non-hydrogen) atoms. The van der Waals surface area contributed by atoms with Gasteiger partial charge in [-0.25, -0.2) is 14.3 Å². The van der Waals surface area contributed by atoms with E-state index < -0.39 is 17.4 Å². The minimum atomic E-state index is -0.695. The van der Waals surface area contributed by atoms with E-state index in [1.54, 1.807) is 36.4 Å². The SMILES string of the molecule is CCCN1C(N(C(=O)c2ccccc2)c2ccc(F)cc2)=Nc2ccccc2C1C(=O)NC(C)(C)C. The normalized spacial score (nSPS) is 15.1. The van der Waals surface area contributed by atoms with Crippen LogP contribution < -0.4 is 10.2 Å². The molecule has 1 N–H and O–H groups in total. The van der Waals surface area contributed by atoms with E-state index in [1.165, 1.54) is 17.0 Å². The molecule has 1 aliphatic heterocycles. The fourth-order valence-electron chi connectivity index (χ4n) is 4.27. The van der Waals surface area contributed by atoms with Crippen LogP contribution in [0.3, 0.4) is 0 Å². The molecule has 0 bridgehead atoms. The van der Waals surface area contributed by atoms with Gasteiger partial charge < -0.3 is 10.2 Å². The third kappa shape index (κ3) is 5.30. The molecule has 1 atom stereocenters.